The van der Waals surface area contributed by atoms with Gasteiger partial charge in [0.2, 0.25) is 0 Å². The number of thioether (sulfide) groups is 1. The van der Waals surface area contributed by atoms with Gasteiger partial charge in [-0.1, -0.05) is 0 Å². The first kappa shape index (κ1) is 11.2. The number of aliphatic carboxylic acids is 1. The van der Waals surface area contributed by atoms with Crippen molar-refractivity contribution in [2.75, 3.05) is 26.0 Å². The molecule has 2 rings (SSSR count). The Balaban J connectivity index is 1.96. The van der Waals surface area contributed by atoms with E-state index >= 15 is 0 Å². The van der Waals surface area contributed by atoms with Gasteiger partial charge < -0.3 is 9.84 Å². The van der Waals surface area contributed by atoms with Crippen molar-refractivity contribution in [2.24, 2.45) is 5.92 Å². The molecule has 2 aliphatic heterocycles. The van der Waals surface area contributed by atoms with Crippen molar-refractivity contribution in [3.05, 3.63) is 0 Å². The number of likely N-dealkylation sites (N-methyl/N-ethyl adjacent to an activating group) is 1. The first-order valence-corrected chi connectivity index (χ1v) is 6.39. The molecule has 0 spiro atoms. The number of ether oxygens (including phenoxy) is 1. The lowest BCUT2D eigenvalue weighted by Gasteiger charge is -2.32. The molecule has 0 saturated carbocycles. The fourth-order valence-corrected chi connectivity index (χ4v) is 4.00. The number of hydrogen-bond acceptors (Lipinski definition) is 4. The highest BCUT2D eigenvalue weighted by molar-refractivity contribution is 8.00. The van der Waals surface area contributed by atoms with E-state index in [1.54, 1.807) is 11.8 Å². The lowest BCUT2D eigenvalue weighted by molar-refractivity contribution is -0.142. The molecule has 1 N–H and O–H groups in total. The number of carboxylic acid groups (broad SMARTS) is 1. The standard InChI is InChI=1S/C10H17NO3S/c1-11-8(10(12)13)6-15-9(11)7-2-4-14-5-3-7/h7-9H,2-6H2,1H3,(H,12,13). The molecule has 2 atom stereocenters. The molecule has 2 aliphatic rings. The van der Waals surface area contributed by atoms with Gasteiger partial charge in [0.25, 0.3) is 0 Å². The van der Waals surface area contributed by atoms with Gasteiger partial charge in [0.05, 0.1) is 5.37 Å². The van der Waals surface area contributed by atoms with E-state index in [1.165, 1.54) is 0 Å². The van der Waals surface area contributed by atoms with E-state index in [0.717, 1.165) is 26.1 Å². The van der Waals surface area contributed by atoms with Gasteiger partial charge in [0.1, 0.15) is 6.04 Å². The molecule has 0 aromatic heterocycles. The summed E-state index contributed by atoms with van der Waals surface area (Å²) in [6.45, 7) is 1.65. The summed E-state index contributed by atoms with van der Waals surface area (Å²) in [7, 11) is 1.93. The van der Waals surface area contributed by atoms with Crippen molar-refractivity contribution in [1.82, 2.24) is 4.90 Å². The van der Waals surface area contributed by atoms with Crippen LogP contribution in [-0.4, -0.2) is 53.4 Å². The molecule has 4 nitrogen and oxygen atoms in total. The molecule has 15 heavy (non-hydrogen) atoms. The number of carboxylic acids is 1. The minimum absolute atomic E-state index is 0.303. The largest absolute Gasteiger partial charge is 0.480 e. The zero-order valence-corrected chi connectivity index (χ0v) is 9.70. The van der Waals surface area contributed by atoms with Gasteiger partial charge in [0.15, 0.2) is 0 Å². The van der Waals surface area contributed by atoms with Crippen molar-refractivity contribution < 1.29 is 14.6 Å². The lowest BCUT2D eigenvalue weighted by Crippen LogP contribution is -2.42. The summed E-state index contributed by atoms with van der Waals surface area (Å²) in [4.78, 5) is 13.0. The van der Waals surface area contributed by atoms with Crippen molar-refractivity contribution >= 4 is 17.7 Å². The second kappa shape index (κ2) is 4.72. The second-order valence-corrected chi connectivity index (χ2v) is 5.34. The van der Waals surface area contributed by atoms with Gasteiger partial charge in [-0.05, 0) is 25.8 Å². The molecule has 0 aliphatic carbocycles. The molecule has 2 saturated heterocycles. The summed E-state index contributed by atoms with van der Waals surface area (Å²) in [5.41, 5.74) is 0. The third-order valence-corrected chi connectivity index (χ3v) is 4.84. The minimum Gasteiger partial charge on any atom is -0.480 e. The Labute approximate surface area is 94.0 Å². The predicted octanol–water partition coefficient (Wildman–Crippen LogP) is 0.871. The van der Waals surface area contributed by atoms with E-state index in [9.17, 15) is 4.79 Å². The lowest BCUT2D eigenvalue weighted by atomic mass is 9.99. The summed E-state index contributed by atoms with van der Waals surface area (Å²) < 4.78 is 5.32. The molecule has 0 amide bonds. The summed E-state index contributed by atoms with van der Waals surface area (Å²) >= 11 is 1.78. The highest BCUT2D eigenvalue weighted by atomic mass is 32.2. The third-order valence-electron chi connectivity index (χ3n) is 3.27. The molecular weight excluding hydrogens is 214 g/mol. The third kappa shape index (κ3) is 2.29. The van der Waals surface area contributed by atoms with Crippen LogP contribution < -0.4 is 0 Å². The Hall–Kier alpha value is -0.260. The van der Waals surface area contributed by atoms with E-state index in [4.69, 9.17) is 9.84 Å². The smallest absolute Gasteiger partial charge is 0.321 e. The molecule has 2 heterocycles. The fraction of sp³-hybridized carbons (Fsp3) is 0.900. The Bertz CT molecular complexity index is 243. The maximum Gasteiger partial charge on any atom is 0.321 e. The van der Waals surface area contributed by atoms with E-state index in [0.29, 0.717) is 17.0 Å². The molecule has 2 unspecified atom stereocenters. The van der Waals surface area contributed by atoms with Gasteiger partial charge in [0, 0.05) is 19.0 Å². The average Bonchev–Trinajstić information content (AvgIpc) is 2.61. The maximum atomic E-state index is 11.0. The Morgan fingerprint density at radius 1 is 1.47 bits per heavy atom. The fourth-order valence-electron chi connectivity index (χ4n) is 2.32. The average molecular weight is 231 g/mol. The Morgan fingerprint density at radius 3 is 2.67 bits per heavy atom. The van der Waals surface area contributed by atoms with Crippen LogP contribution in [0.3, 0.4) is 0 Å². The molecule has 2 fully saturated rings. The van der Waals surface area contributed by atoms with Gasteiger partial charge in [-0.2, -0.15) is 0 Å². The molecule has 5 heteroatoms. The zero-order chi connectivity index (χ0) is 10.8. The topological polar surface area (TPSA) is 49.8 Å². The van der Waals surface area contributed by atoms with Crippen LogP contribution in [0.4, 0.5) is 0 Å². The highest BCUT2D eigenvalue weighted by Crippen LogP contribution is 2.36. The van der Waals surface area contributed by atoms with E-state index in [1.807, 2.05) is 11.9 Å². The van der Waals surface area contributed by atoms with Gasteiger partial charge >= 0.3 is 5.97 Å². The van der Waals surface area contributed by atoms with Crippen LogP contribution in [0.25, 0.3) is 0 Å². The van der Waals surface area contributed by atoms with Crippen molar-refractivity contribution in [2.45, 2.75) is 24.3 Å². The van der Waals surface area contributed by atoms with Crippen LogP contribution in [0.5, 0.6) is 0 Å². The monoisotopic (exact) mass is 231 g/mol. The molecule has 0 radical (unpaired) electrons. The zero-order valence-electron chi connectivity index (χ0n) is 8.89. The van der Waals surface area contributed by atoms with E-state index in [2.05, 4.69) is 0 Å². The number of hydrogen-bond donors (Lipinski definition) is 1. The van der Waals surface area contributed by atoms with E-state index < -0.39 is 5.97 Å². The molecular formula is C10H17NO3S. The first-order chi connectivity index (χ1) is 7.20. The maximum absolute atomic E-state index is 11.0. The summed E-state index contributed by atoms with van der Waals surface area (Å²) in [5, 5.41) is 9.39. The minimum atomic E-state index is -0.695. The molecule has 86 valence electrons. The number of nitrogens with zero attached hydrogens (tertiary/aromatic N) is 1. The van der Waals surface area contributed by atoms with Crippen LogP contribution in [0.15, 0.2) is 0 Å². The van der Waals surface area contributed by atoms with Gasteiger partial charge in [-0.3, -0.25) is 9.69 Å². The first-order valence-electron chi connectivity index (χ1n) is 5.34. The van der Waals surface area contributed by atoms with Crippen LogP contribution in [0, 0.1) is 5.92 Å². The summed E-state index contributed by atoms with van der Waals surface area (Å²) in [5.74, 6) is 0.617. The van der Waals surface area contributed by atoms with Crippen LogP contribution in [0.1, 0.15) is 12.8 Å². The normalized spacial score (nSPS) is 34.5. The predicted molar refractivity (Wildman–Crippen MR) is 59.0 cm³/mol. The van der Waals surface area contributed by atoms with Crippen LogP contribution in [-0.2, 0) is 9.53 Å². The van der Waals surface area contributed by atoms with Gasteiger partial charge in [-0.25, -0.2) is 0 Å². The van der Waals surface area contributed by atoms with Crippen molar-refractivity contribution in [3.63, 3.8) is 0 Å². The van der Waals surface area contributed by atoms with E-state index in [-0.39, 0.29) is 6.04 Å². The molecule has 0 aromatic rings. The SMILES string of the molecule is CN1C(C(=O)O)CSC1C1CCOCC1. The van der Waals surface area contributed by atoms with Gasteiger partial charge in [-0.15, -0.1) is 11.8 Å². The second-order valence-electron chi connectivity index (χ2n) is 4.19. The molecule has 0 aromatic carbocycles. The quantitative estimate of drug-likeness (QED) is 0.764. The van der Waals surface area contributed by atoms with Crippen LogP contribution >= 0.6 is 11.8 Å². The molecule has 0 bridgehead atoms. The Kier molecular flexibility index (Phi) is 3.53. The van der Waals surface area contributed by atoms with Crippen molar-refractivity contribution in [1.29, 1.82) is 0 Å². The van der Waals surface area contributed by atoms with Crippen LogP contribution in [0.2, 0.25) is 0 Å². The van der Waals surface area contributed by atoms with Crippen molar-refractivity contribution in [3.8, 4) is 0 Å². The number of rotatable bonds is 2. The highest BCUT2D eigenvalue weighted by Gasteiger charge is 2.40. The Morgan fingerprint density at radius 2 is 2.13 bits per heavy atom. The summed E-state index contributed by atoms with van der Waals surface area (Å²) in [6, 6.07) is -0.303. The summed E-state index contributed by atoms with van der Waals surface area (Å²) in [6.07, 6.45) is 2.13. The number of carbonyl (C=O) groups is 1.